The second-order valence-electron chi connectivity index (χ2n) is 4.80. The van der Waals surface area contributed by atoms with Gasteiger partial charge in [-0.3, -0.25) is 9.58 Å². The molecule has 0 radical (unpaired) electrons. The van der Waals surface area contributed by atoms with Crippen molar-refractivity contribution in [2.24, 2.45) is 7.05 Å². The summed E-state index contributed by atoms with van der Waals surface area (Å²) < 4.78 is 8.93. The van der Waals surface area contributed by atoms with Gasteiger partial charge >= 0.3 is 0 Å². The first-order valence-electron chi connectivity index (χ1n) is 5.05. The number of nitrogens with zero attached hydrogens (tertiary/aromatic N) is 3. The van der Waals surface area contributed by atoms with Crippen LogP contribution in [0.3, 0.4) is 0 Å². The monoisotopic (exact) mass is 271 g/mol. The molecule has 0 N–H and O–H groups in total. The van der Waals surface area contributed by atoms with E-state index in [1.54, 1.807) is 0 Å². The number of aromatic nitrogens is 2. The summed E-state index contributed by atoms with van der Waals surface area (Å²) in [4.78, 5) is 2.31. The predicted octanol–water partition coefficient (Wildman–Crippen LogP) is 1.11. The lowest BCUT2D eigenvalue weighted by Gasteiger charge is -2.14. The molecule has 0 aromatic carbocycles. The number of hydrogen-bond donors (Lipinski definition) is 0. The third-order valence-corrected chi connectivity index (χ3v) is 4.13. The van der Waals surface area contributed by atoms with Gasteiger partial charge in [0, 0.05) is 20.1 Å². The summed E-state index contributed by atoms with van der Waals surface area (Å²) in [6, 6.07) is 0. The molecular weight excluding hydrogens is 258 g/mol. The number of likely N-dealkylation sites (N-methyl/N-ethyl adjacent to an activating group) is 1. The number of halogens is 1. The topological polar surface area (TPSA) is 33.6 Å². The lowest BCUT2D eigenvalue weighted by atomic mass is 9.95. The molecule has 3 heterocycles. The Morgan fingerprint density at radius 3 is 2.67 bits per heavy atom. The Labute approximate surface area is 97.3 Å². The normalized spacial score (nSPS) is 39.5. The van der Waals surface area contributed by atoms with Crippen LogP contribution >= 0.6 is 15.9 Å². The van der Waals surface area contributed by atoms with Gasteiger partial charge in [-0.15, -0.1) is 0 Å². The summed E-state index contributed by atoms with van der Waals surface area (Å²) in [5.41, 5.74) is 0.985. The lowest BCUT2D eigenvalue weighted by Crippen LogP contribution is -2.25. The summed E-state index contributed by atoms with van der Waals surface area (Å²) in [6.07, 6.45) is 1.84. The third-order valence-electron chi connectivity index (χ3n) is 3.55. The minimum Gasteiger partial charge on any atom is -0.353 e. The zero-order valence-corrected chi connectivity index (χ0v) is 10.7. The molecule has 1 aromatic rings. The summed E-state index contributed by atoms with van der Waals surface area (Å²) in [5.74, 6) is 0. The van der Waals surface area contributed by atoms with Crippen molar-refractivity contribution >= 4 is 15.9 Å². The van der Waals surface area contributed by atoms with E-state index in [2.05, 4.69) is 39.9 Å². The van der Waals surface area contributed by atoms with Gasteiger partial charge in [-0.05, 0) is 29.9 Å². The van der Waals surface area contributed by atoms with Crippen LogP contribution in [0.5, 0.6) is 0 Å². The van der Waals surface area contributed by atoms with Gasteiger partial charge in [-0.2, -0.15) is 5.10 Å². The maximum atomic E-state index is 5.97. The van der Waals surface area contributed by atoms with E-state index < -0.39 is 0 Å². The maximum Gasteiger partial charge on any atom is 0.154 e. The highest BCUT2D eigenvalue weighted by Gasteiger charge is 2.74. The second kappa shape index (κ2) is 2.64. The fourth-order valence-electron chi connectivity index (χ4n) is 2.91. The second-order valence-corrected chi connectivity index (χ2v) is 5.65. The van der Waals surface area contributed by atoms with E-state index in [-0.39, 0.29) is 11.2 Å². The highest BCUT2D eigenvalue weighted by atomic mass is 79.9. The first kappa shape index (κ1) is 9.81. The van der Waals surface area contributed by atoms with Crippen LogP contribution in [-0.4, -0.2) is 40.4 Å². The average Bonchev–Trinajstić information content (AvgIpc) is 2.42. The van der Waals surface area contributed by atoms with Crippen LogP contribution in [-0.2, 0) is 17.4 Å². The fourth-order valence-corrected chi connectivity index (χ4v) is 3.58. The fraction of sp³-hybridized carbons (Fsp3) is 0.700. The number of aryl methyl sites for hydroxylation is 1. The van der Waals surface area contributed by atoms with Crippen molar-refractivity contribution in [2.75, 3.05) is 20.1 Å². The molecule has 2 aliphatic rings. The third kappa shape index (κ3) is 1.06. The van der Waals surface area contributed by atoms with Crippen molar-refractivity contribution in [2.45, 2.75) is 18.1 Å². The van der Waals surface area contributed by atoms with Crippen molar-refractivity contribution in [1.29, 1.82) is 0 Å². The first-order chi connectivity index (χ1) is 6.98. The van der Waals surface area contributed by atoms with Gasteiger partial charge in [0.25, 0.3) is 0 Å². The maximum absolute atomic E-state index is 5.97. The first-order valence-corrected chi connectivity index (χ1v) is 5.84. The zero-order valence-electron chi connectivity index (χ0n) is 9.12. The van der Waals surface area contributed by atoms with Crippen LogP contribution in [0.15, 0.2) is 10.7 Å². The Hall–Kier alpha value is -0.390. The Kier molecular flexibility index (Phi) is 1.73. The van der Waals surface area contributed by atoms with Gasteiger partial charge in [0.05, 0.1) is 16.4 Å². The molecule has 15 heavy (non-hydrogen) atoms. The van der Waals surface area contributed by atoms with Crippen LogP contribution in [0.4, 0.5) is 0 Å². The number of epoxide rings is 1. The van der Waals surface area contributed by atoms with Crippen LogP contribution in [0.1, 0.15) is 12.6 Å². The molecule has 5 heteroatoms. The molecule has 2 aliphatic heterocycles. The minimum absolute atomic E-state index is 0.0297. The van der Waals surface area contributed by atoms with E-state index >= 15 is 0 Å². The smallest absolute Gasteiger partial charge is 0.154 e. The molecule has 0 aliphatic carbocycles. The van der Waals surface area contributed by atoms with Crippen LogP contribution in [0.2, 0.25) is 0 Å². The Balaban J connectivity index is 2.10. The summed E-state index contributed by atoms with van der Waals surface area (Å²) in [7, 11) is 4.10. The van der Waals surface area contributed by atoms with Gasteiger partial charge in [0.2, 0.25) is 0 Å². The molecule has 0 bridgehead atoms. The molecule has 2 fully saturated rings. The predicted molar refractivity (Wildman–Crippen MR) is 59.6 cm³/mol. The molecule has 1 aromatic heterocycles. The SMILES string of the molecule is CN1C[C@]2(C)O[C@@]2(c2c(Br)cnn2C)C1. The highest BCUT2D eigenvalue weighted by Crippen LogP contribution is 2.60. The quantitative estimate of drug-likeness (QED) is 0.718. The number of fused-ring (bicyclic) bond motifs is 1. The Bertz CT molecular complexity index is 413. The lowest BCUT2D eigenvalue weighted by molar-refractivity contribution is 0.155. The summed E-state index contributed by atoms with van der Waals surface area (Å²) in [6.45, 7) is 4.11. The van der Waals surface area contributed by atoms with Gasteiger partial charge < -0.3 is 4.74 Å². The van der Waals surface area contributed by atoms with Gasteiger partial charge in [-0.25, -0.2) is 0 Å². The van der Waals surface area contributed by atoms with E-state index in [4.69, 9.17) is 4.74 Å². The number of likely N-dealkylation sites (tertiary alicyclic amines) is 1. The molecule has 0 unspecified atom stereocenters. The van der Waals surface area contributed by atoms with Crippen molar-refractivity contribution in [3.05, 3.63) is 16.4 Å². The highest BCUT2D eigenvalue weighted by molar-refractivity contribution is 9.10. The van der Waals surface area contributed by atoms with E-state index in [0.29, 0.717) is 0 Å². The van der Waals surface area contributed by atoms with E-state index in [9.17, 15) is 0 Å². The van der Waals surface area contributed by atoms with Crippen molar-refractivity contribution in [1.82, 2.24) is 14.7 Å². The number of ether oxygens (including phenoxy) is 1. The molecule has 0 spiro atoms. The minimum atomic E-state index is -0.147. The molecule has 4 nitrogen and oxygen atoms in total. The van der Waals surface area contributed by atoms with E-state index in [1.165, 1.54) is 0 Å². The zero-order chi connectivity index (χ0) is 10.8. The van der Waals surface area contributed by atoms with Crippen molar-refractivity contribution < 1.29 is 4.74 Å². The summed E-state index contributed by atoms with van der Waals surface area (Å²) >= 11 is 3.55. The van der Waals surface area contributed by atoms with Crippen LogP contribution < -0.4 is 0 Å². The standard InChI is InChI=1S/C10H14BrN3O/c1-9-5-13(2)6-10(9,15-9)8-7(11)4-12-14(8)3/h4H,5-6H2,1-3H3/t9-,10+/m0/s1. The molecule has 2 atom stereocenters. The molecule has 2 saturated heterocycles. The largest absolute Gasteiger partial charge is 0.353 e. The molecule has 82 valence electrons. The molecule has 0 amide bonds. The van der Waals surface area contributed by atoms with Crippen LogP contribution in [0.25, 0.3) is 0 Å². The number of rotatable bonds is 1. The van der Waals surface area contributed by atoms with E-state index in [0.717, 1.165) is 23.3 Å². The molecular formula is C10H14BrN3O. The Morgan fingerprint density at radius 2 is 2.20 bits per heavy atom. The molecule has 3 rings (SSSR count). The van der Waals surface area contributed by atoms with Crippen LogP contribution in [0, 0.1) is 0 Å². The van der Waals surface area contributed by atoms with Crippen molar-refractivity contribution in [3.8, 4) is 0 Å². The van der Waals surface area contributed by atoms with Gasteiger partial charge in [0.1, 0.15) is 5.60 Å². The molecule has 0 saturated carbocycles. The summed E-state index contributed by atoms with van der Waals surface area (Å²) in [5, 5.41) is 4.26. The van der Waals surface area contributed by atoms with Gasteiger partial charge in [0.15, 0.2) is 5.60 Å². The van der Waals surface area contributed by atoms with Gasteiger partial charge in [-0.1, -0.05) is 0 Å². The van der Waals surface area contributed by atoms with Crippen molar-refractivity contribution in [3.63, 3.8) is 0 Å². The Morgan fingerprint density at radius 1 is 1.47 bits per heavy atom. The number of hydrogen-bond acceptors (Lipinski definition) is 3. The number of morpholine rings is 1. The van der Waals surface area contributed by atoms with E-state index in [1.807, 2.05) is 17.9 Å². The average molecular weight is 272 g/mol.